The lowest BCUT2D eigenvalue weighted by Gasteiger charge is -2.18. The second kappa shape index (κ2) is 4.36. The minimum atomic E-state index is 0.125. The fourth-order valence-electron chi connectivity index (χ4n) is 1.93. The lowest BCUT2D eigenvalue weighted by molar-refractivity contribution is 0.445. The van der Waals surface area contributed by atoms with Crippen molar-refractivity contribution in [2.75, 3.05) is 11.5 Å². The molecule has 0 bridgehead atoms. The van der Waals surface area contributed by atoms with Gasteiger partial charge in [0.2, 0.25) is 0 Å². The number of rotatable bonds is 3. The number of nitrogens with zero attached hydrogens (tertiary/aromatic N) is 2. The Morgan fingerprint density at radius 2 is 2.64 bits per heavy atom. The van der Waals surface area contributed by atoms with E-state index in [4.69, 9.17) is 5.73 Å². The molecule has 0 amide bonds. The Morgan fingerprint density at radius 1 is 1.79 bits per heavy atom. The van der Waals surface area contributed by atoms with Gasteiger partial charge in [-0.25, -0.2) is 4.98 Å². The van der Waals surface area contributed by atoms with Crippen LogP contribution in [-0.4, -0.2) is 21.1 Å². The molecule has 1 fully saturated rings. The summed E-state index contributed by atoms with van der Waals surface area (Å²) < 4.78 is 2.15. The molecular weight excluding hydrogens is 194 g/mol. The van der Waals surface area contributed by atoms with E-state index in [0.29, 0.717) is 5.92 Å². The van der Waals surface area contributed by atoms with E-state index in [1.165, 1.54) is 17.9 Å². The Hall–Kier alpha value is -0.480. The number of hydrogen-bond donors (Lipinski definition) is 1. The summed E-state index contributed by atoms with van der Waals surface area (Å²) in [5.74, 6) is 4.12. The first-order chi connectivity index (χ1) is 6.83. The Morgan fingerprint density at radius 3 is 3.29 bits per heavy atom. The molecule has 1 saturated heterocycles. The van der Waals surface area contributed by atoms with E-state index in [-0.39, 0.29) is 6.04 Å². The zero-order valence-electron chi connectivity index (χ0n) is 8.52. The van der Waals surface area contributed by atoms with E-state index in [9.17, 15) is 0 Å². The summed E-state index contributed by atoms with van der Waals surface area (Å²) in [6, 6.07) is 0.125. The van der Waals surface area contributed by atoms with Gasteiger partial charge in [0.1, 0.15) is 5.82 Å². The molecular formula is C10H17N3S. The highest BCUT2D eigenvalue weighted by molar-refractivity contribution is 7.99. The Balaban J connectivity index is 2.12. The average molecular weight is 211 g/mol. The molecule has 1 aromatic heterocycles. The quantitative estimate of drug-likeness (QED) is 0.827. The maximum atomic E-state index is 6.22. The number of imidazole rings is 1. The van der Waals surface area contributed by atoms with Crippen LogP contribution >= 0.6 is 11.8 Å². The van der Waals surface area contributed by atoms with Crippen LogP contribution in [0.3, 0.4) is 0 Å². The first-order valence-corrected chi connectivity index (χ1v) is 6.32. The zero-order chi connectivity index (χ0) is 9.97. The maximum Gasteiger partial charge on any atom is 0.125 e. The summed E-state index contributed by atoms with van der Waals surface area (Å²) in [6.45, 7) is 3.09. The molecule has 2 rings (SSSR count). The van der Waals surface area contributed by atoms with E-state index >= 15 is 0 Å². The normalized spacial score (nSPS) is 24.0. The van der Waals surface area contributed by atoms with Gasteiger partial charge in [0.15, 0.2) is 0 Å². The molecule has 4 heteroatoms. The fraction of sp³-hybridized carbons (Fsp3) is 0.700. The van der Waals surface area contributed by atoms with Crippen LogP contribution in [0.4, 0.5) is 0 Å². The molecule has 1 aliphatic rings. The predicted octanol–water partition coefficient (Wildman–Crippen LogP) is 1.66. The molecule has 2 unspecified atom stereocenters. The van der Waals surface area contributed by atoms with Crippen LogP contribution in [0.15, 0.2) is 12.4 Å². The smallest absolute Gasteiger partial charge is 0.125 e. The van der Waals surface area contributed by atoms with Crippen LogP contribution < -0.4 is 5.73 Å². The van der Waals surface area contributed by atoms with Crippen molar-refractivity contribution in [1.82, 2.24) is 9.55 Å². The van der Waals surface area contributed by atoms with E-state index in [0.717, 1.165) is 12.4 Å². The molecule has 1 aliphatic heterocycles. The van der Waals surface area contributed by atoms with Gasteiger partial charge in [0.25, 0.3) is 0 Å². The van der Waals surface area contributed by atoms with Crippen LogP contribution in [0.5, 0.6) is 0 Å². The number of nitrogens with two attached hydrogens (primary N) is 1. The van der Waals surface area contributed by atoms with Gasteiger partial charge in [-0.05, 0) is 30.8 Å². The van der Waals surface area contributed by atoms with Crippen molar-refractivity contribution >= 4 is 11.8 Å². The van der Waals surface area contributed by atoms with E-state index in [2.05, 4.69) is 16.5 Å². The summed E-state index contributed by atoms with van der Waals surface area (Å²) in [6.07, 6.45) is 5.10. The highest BCUT2D eigenvalue weighted by Gasteiger charge is 2.26. The Bertz CT molecular complexity index is 291. The third-order valence-corrected chi connectivity index (χ3v) is 4.05. The molecule has 0 aromatic carbocycles. The molecule has 3 nitrogen and oxygen atoms in total. The van der Waals surface area contributed by atoms with Crippen molar-refractivity contribution in [3.8, 4) is 0 Å². The lowest BCUT2D eigenvalue weighted by atomic mass is 9.99. The van der Waals surface area contributed by atoms with E-state index < -0.39 is 0 Å². The average Bonchev–Trinajstić information content (AvgIpc) is 2.87. The first-order valence-electron chi connectivity index (χ1n) is 5.17. The highest BCUT2D eigenvalue weighted by atomic mass is 32.2. The minimum Gasteiger partial charge on any atom is -0.334 e. The lowest BCUT2D eigenvalue weighted by Crippen LogP contribution is -2.24. The van der Waals surface area contributed by atoms with Gasteiger partial charge in [-0.2, -0.15) is 11.8 Å². The zero-order valence-corrected chi connectivity index (χ0v) is 9.33. The third-order valence-electron chi connectivity index (χ3n) is 2.86. The van der Waals surface area contributed by atoms with Crippen molar-refractivity contribution in [3.05, 3.63) is 18.2 Å². The summed E-state index contributed by atoms with van der Waals surface area (Å²) in [7, 11) is 0. The molecule has 2 N–H and O–H groups in total. The summed E-state index contributed by atoms with van der Waals surface area (Å²) in [5, 5.41) is 0. The van der Waals surface area contributed by atoms with Crippen LogP contribution in [0.2, 0.25) is 0 Å². The van der Waals surface area contributed by atoms with Crippen LogP contribution in [0, 0.1) is 5.92 Å². The molecule has 0 spiro atoms. The molecule has 0 saturated carbocycles. The summed E-state index contributed by atoms with van der Waals surface area (Å²) in [5.41, 5.74) is 6.22. The largest absolute Gasteiger partial charge is 0.334 e. The van der Waals surface area contributed by atoms with Crippen LogP contribution in [-0.2, 0) is 6.54 Å². The van der Waals surface area contributed by atoms with Crippen molar-refractivity contribution in [2.45, 2.75) is 25.9 Å². The number of aromatic nitrogens is 2. The van der Waals surface area contributed by atoms with Crippen molar-refractivity contribution < 1.29 is 0 Å². The van der Waals surface area contributed by atoms with Gasteiger partial charge >= 0.3 is 0 Å². The van der Waals surface area contributed by atoms with Gasteiger partial charge in [-0.1, -0.05) is 0 Å². The molecule has 2 atom stereocenters. The van der Waals surface area contributed by atoms with E-state index in [1.54, 1.807) is 0 Å². The summed E-state index contributed by atoms with van der Waals surface area (Å²) in [4.78, 5) is 4.36. The van der Waals surface area contributed by atoms with Gasteiger partial charge in [-0.3, -0.25) is 0 Å². The first kappa shape index (κ1) is 10.1. The monoisotopic (exact) mass is 211 g/mol. The van der Waals surface area contributed by atoms with Crippen molar-refractivity contribution in [3.63, 3.8) is 0 Å². The number of hydrogen-bond acceptors (Lipinski definition) is 3. The highest BCUT2D eigenvalue weighted by Crippen LogP contribution is 2.31. The standard InChI is InChI=1S/C10H17N3S/c1-2-13-5-4-12-10(13)9(11)8-3-6-14-7-8/h4-5,8-9H,2-3,6-7,11H2,1H3. The van der Waals surface area contributed by atoms with Crippen molar-refractivity contribution in [2.24, 2.45) is 11.7 Å². The van der Waals surface area contributed by atoms with Gasteiger partial charge in [-0.15, -0.1) is 0 Å². The van der Waals surface area contributed by atoms with Crippen LogP contribution in [0.1, 0.15) is 25.2 Å². The third kappa shape index (κ3) is 1.81. The van der Waals surface area contributed by atoms with Gasteiger partial charge in [0, 0.05) is 18.9 Å². The SMILES string of the molecule is CCn1ccnc1C(N)C1CCSC1. The van der Waals surface area contributed by atoms with Gasteiger partial charge < -0.3 is 10.3 Å². The van der Waals surface area contributed by atoms with Gasteiger partial charge in [0.05, 0.1) is 6.04 Å². The number of aryl methyl sites for hydroxylation is 1. The molecule has 0 radical (unpaired) electrons. The Kier molecular flexibility index (Phi) is 3.13. The molecule has 78 valence electrons. The molecule has 1 aromatic rings. The second-order valence-corrected chi connectivity index (χ2v) is 4.87. The van der Waals surface area contributed by atoms with Crippen molar-refractivity contribution in [1.29, 1.82) is 0 Å². The topological polar surface area (TPSA) is 43.8 Å². The maximum absolute atomic E-state index is 6.22. The fourth-order valence-corrected chi connectivity index (χ4v) is 3.25. The molecule has 14 heavy (non-hydrogen) atoms. The predicted molar refractivity (Wildman–Crippen MR) is 60.3 cm³/mol. The second-order valence-electron chi connectivity index (χ2n) is 3.72. The Labute approximate surface area is 89.1 Å². The summed E-state index contributed by atoms with van der Waals surface area (Å²) >= 11 is 2.00. The number of thioether (sulfide) groups is 1. The van der Waals surface area contributed by atoms with E-state index in [1.807, 2.05) is 24.2 Å². The molecule has 0 aliphatic carbocycles. The molecule has 2 heterocycles. The van der Waals surface area contributed by atoms with Crippen LogP contribution in [0.25, 0.3) is 0 Å². The minimum absolute atomic E-state index is 0.125.